The quantitative estimate of drug-likeness (QED) is 0.503. The van der Waals surface area contributed by atoms with Gasteiger partial charge in [0.25, 0.3) is 5.91 Å². The molecule has 0 saturated carbocycles. The molecule has 2 aromatic carbocycles. The first-order chi connectivity index (χ1) is 14.3. The number of hydrogen-bond donors (Lipinski definition) is 3. The fourth-order valence-electron chi connectivity index (χ4n) is 2.69. The third-order valence-electron chi connectivity index (χ3n) is 4.09. The third kappa shape index (κ3) is 5.22. The Morgan fingerprint density at radius 2 is 1.90 bits per heavy atom. The number of nitrogens with one attached hydrogen (secondary N) is 3. The Morgan fingerprint density at radius 1 is 1.17 bits per heavy atom. The van der Waals surface area contributed by atoms with Gasteiger partial charge in [-0.15, -0.1) is 0 Å². The van der Waals surface area contributed by atoms with Crippen LogP contribution >= 0.6 is 0 Å². The van der Waals surface area contributed by atoms with Gasteiger partial charge in [-0.05, 0) is 56.3 Å². The number of nitrogens with zero attached hydrogens (tertiary/aromatic N) is 2. The lowest BCUT2D eigenvalue weighted by atomic mass is 10.2. The van der Waals surface area contributed by atoms with Crippen molar-refractivity contribution in [2.45, 2.75) is 31.3 Å². The van der Waals surface area contributed by atoms with Crippen LogP contribution in [0.1, 0.15) is 30.0 Å². The molecule has 0 unspecified atom stereocenters. The van der Waals surface area contributed by atoms with Gasteiger partial charge < -0.3 is 10.1 Å². The van der Waals surface area contributed by atoms with Crippen LogP contribution in [0.3, 0.4) is 0 Å². The Balaban J connectivity index is 1.66. The summed E-state index contributed by atoms with van der Waals surface area (Å²) in [6.45, 7) is 3.57. The third-order valence-corrected chi connectivity index (χ3v) is 5.75. The van der Waals surface area contributed by atoms with Crippen molar-refractivity contribution < 1.29 is 17.9 Å². The van der Waals surface area contributed by atoms with E-state index in [-0.39, 0.29) is 23.0 Å². The number of methoxy groups -OCH3 is 1. The van der Waals surface area contributed by atoms with Crippen LogP contribution in [-0.4, -0.2) is 42.7 Å². The normalized spacial score (nSPS) is 11.5. The number of aromatic nitrogens is 3. The Bertz CT molecular complexity index is 1120. The van der Waals surface area contributed by atoms with Crippen molar-refractivity contribution in [3.63, 3.8) is 0 Å². The smallest absolute Gasteiger partial charge is 0.251 e. The maximum atomic E-state index is 12.5. The summed E-state index contributed by atoms with van der Waals surface area (Å²) in [5.74, 6) is 1.28. The molecule has 0 aliphatic rings. The molecule has 9 nitrogen and oxygen atoms in total. The molecule has 1 amide bonds. The zero-order chi connectivity index (χ0) is 21.7. The van der Waals surface area contributed by atoms with E-state index in [1.807, 2.05) is 24.3 Å². The molecule has 3 aromatic rings. The molecule has 3 rings (SSSR count). The molecule has 0 radical (unpaired) electrons. The van der Waals surface area contributed by atoms with Crippen molar-refractivity contribution >= 4 is 15.9 Å². The summed E-state index contributed by atoms with van der Waals surface area (Å²) in [5, 5.41) is 9.64. The molecule has 1 aromatic heterocycles. The van der Waals surface area contributed by atoms with E-state index in [2.05, 4.69) is 25.2 Å². The fourth-order valence-corrected chi connectivity index (χ4v) is 3.99. The molecule has 3 N–H and O–H groups in total. The van der Waals surface area contributed by atoms with Crippen LogP contribution in [0.2, 0.25) is 0 Å². The highest BCUT2D eigenvalue weighted by Gasteiger charge is 2.17. The zero-order valence-corrected chi connectivity index (χ0v) is 17.7. The standard InChI is InChI=1S/C20H23N5O4S/c1-13(2)25-30(27,28)17-6-4-5-15(11-17)20(26)21-12-18-22-19(24-23-18)14-7-9-16(29-3)10-8-14/h4-11,13,25H,12H2,1-3H3,(H,21,26)(H,22,23,24). The maximum Gasteiger partial charge on any atom is 0.251 e. The van der Waals surface area contributed by atoms with Gasteiger partial charge in [-0.1, -0.05) is 6.07 Å². The Kier molecular flexibility index (Phi) is 6.48. The van der Waals surface area contributed by atoms with E-state index in [4.69, 9.17) is 4.74 Å². The molecule has 0 aliphatic heterocycles. The monoisotopic (exact) mass is 429 g/mol. The largest absolute Gasteiger partial charge is 0.497 e. The molecule has 1 heterocycles. The Labute approximate surface area is 174 Å². The zero-order valence-electron chi connectivity index (χ0n) is 16.8. The van der Waals surface area contributed by atoms with E-state index in [1.54, 1.807) is 27.0 Å². The van der Waals surface area contributed by atoms with Crippen molar-refractivity contribution in [1.29, 1.82) is 0 Å². The molecular weight excluding hydrogens is 406 g/mol. The molecule has 30 heavy (non-hydrogen) atoms. The number of carbonyl (C=O) groups excluding carboxylic acids is 1. The number of benzene rings is 2. The molecule has 0 aliphatic carbocycles. The van der Waals surface area contributed by atoms with E-state index in [9.17, 15) is 13.2 Å². The minimum atomic E-state index is -3.68. The summed E-state index contributed by atoms with van der Waals surface area (Å²) in [6.07, 6.45) is 0. The van der Waals surface area contributed by atoms with Gasteiger partial charge in [0.1, 0.15) is 11.6 Å². The van der Waals surface area contributed by atoms with Gasteiger partial charge >= 0.3 is 0 Å². The Hall–Kier alpha value is -3.24. The minimum Gasteiger partial charge on any atom is -0.497 e. The number of carbonyl (C=O) groups is 1. The van der Waals surface area contributed by atoms with Gasteiger partial charge in [0.2, 0.25) is 10.0 Å². The summed E-state index contributed by atoms with van der Waals surface area (Å²) >= 11 is 0. The van der Waals surface area contributed by atoms with Crippen molar-refractivity contribution in [3.05, 3.63) is 59.9 Å². The first-order valence-electron chi connectivity index (χ1n) is 9.25. The summed E-state index contributed by atoms with van der Waals surface area (Å²) in [7, 11) is -2.09. The topological polar surface area (TPSA) is 126 Å². The van der Waals surface area contributed by atoms with Gasteiger partial charge in [0.15, 0.2) is 5.82 Å². The summed E-state index contributed by atoms with van der Waals surface area (Å²) in [5.41, 5.74) is 1.04. The van der Waals surface area contributed by atoms with Crippen molar-refractivity contribution in [3.8, 4) is 17.1 Å². The predicted molar refractivity (Wildman–Crippen MR) is 111 cm³/mol. The molecular formula is C20H23N5O4S. The SMILES string of the molecule is COc1ccc(-c2n[nH]c(CNC(=O)c3cccc(S(=O)(=O)NC(C)C)c3)n2)cc1. The second-order valence-corrected chi connectivity index (χ2v) is 8.53. The molecule has 0 spiro atoms. The lowest BCUT2D eigenvalue weighted by molar-refractivity contribution is 0.0949. The van der Waals surface area contributed by atoms with Crippen molar-refractivity contribution in [1.82, 2.24) is 25.2 Å². The van der Waals surface area contributed by atoms with E-state index in [0.717, 1.165) is 11.3 Å². The first kappa shape index (κ1) is 21.5. The highest BCUT2D eigenvalue weighted by atomic mass is 32.2. The average Bonchev–Trinajstić information content (AvgIpc) is 3.20. The molecule has 0 fully saturated rings. The van der Waals surface area contributed by atoms with E-state index >= 15 is 0 Å². The lowest BCUT2D eigenvalue weighted by Crippen LogP contribution is -2.30. The number of rotatable bonds is 8. The van der Waals surface area contributed by atoms with Crippen molar-refractivity contribution in [2.24, 2.45) is 0 Å². The number of hydrogen-bond acceptors (Lipinski definition) is 6. The highest BCUT2D eigenvalue weighted by Crippen LogP contribution is 2.19. The van der Waals surface area contributed by atoms with Crippen LogP contribution in [0.15, 0.2) is 53.4 Å². The number of sulfonamides is 1. The van der Waals surface area contributed by atoms with Gasteiger partial charge in [0.05, 0.1) is 18.6 Å². The van der Waals surface area contributed by atoms with Crippen LogP contribution < -0.4 is 14.8 Å². The molecule has 0 atom stereocenters. The van der Waals surface area contributed by atoms with Gasteiger partial charge in [0, 0.05) is 17.2 Å². The van der Waals surface area contributed by atoms with E-state index in [0.29, 0.717) is 11.6 Å². The minimum absolute atomic E-state index is 0.0327. The number of ether oxygens (including phenoxy) is 1. The number of aromatic amines is 1. The maximum absolute atomic E-state index is 12.5. The number of H-pyrrole nitrogens is 1. The molecule has 10 heteroatoms. The summed E-state index contributed by atoms with van der Waals surface area (Å²) in [6, 6.07) is 12.9. The summed E-state index contributed by atoms with van der Waals surface area (Å²) in [4.78, 5) is 16.9. The van der Waals surface area contributed by atoms with Gasteiger partial charge in [-0.3, -0.25) is 9.89 Å². The molecule has 158 valence electrons. The second kappa shape index (κ2) is 9.06. The predicted octanol–water partition coefficient (Wildman–Crippen LogP) is 2.10. The van der Waals surface area contributed by atoms with Crippen LogP contribution in [0.25, 0.3) is 11.4 Å². The summed E-state index contributed by atoms with van der Waals surface area (Å²) < 4.78 is 32.2. The second-order valence-electron chi connectivity index (χ2n) is 6.82. The highest BCUT2D eigenvalue weighted by molar-refractivity contribution is 7.89. The molecule has 0 saturated heterocycles. The first-order valence-corrected chi connectivity index (χ1v) is 10.7. The van der Waals surface area contributed by atoms with Crippen LogP contribution in [0.5, 0.6) is 5.75 Å². The van der Waals surface area contributed by atoms with Crippen LogP contribution in [0.4, 0.5) is 0 Å². The Morgan fingerprint density at radius 3 is 2.57 bits per heavy atom. The molecule has 0 bridgehead atoms. The lowest BCUT2D eigenvalue weighted by Gasteiger charge is -2.10. The van der Waals surface area contributed by atoms with Gasteiger partial charge in [-0.25, -0.2) is 18.1 Å². The number of amides is 1. The van der Waals surface area contributed by atoms with E-state index in [1.165, 1.54) is 18.2 Å². The fraction of sp³-hybridized carbons (Fsp3) is 0.250. The van der Waals surface area contributed by atoms with Gasteiger partial charge in [-0.2, -0.15) is 5.10 Å². The van der Waals surface area contributed by atoms with Crippen LogP contribution in [-0.2, 0) is 16.6 Å². The van der Waals surface area contributed by atoms with E-state index < -0.39 is 15.9 Å². The average molecular weight is 430 g/mol. The van der Waals surface area contributed by atoms with Crippen molar-refractivity contribution in [2.75, 3.05) is 7.11 Å². The van der Waals surface area contributed by atoms with Crippen LogP contribution in [0, 0.1) is 0 Å².